The van der Waals surface area contributed by atoms with Gasteiger partial charge in [0.15, 0.2) is 0 Å². The second kappa shape index (κ2) is 8.66. The lowest BCUT2D eigenvalue weighted by Gasteiger charge is -2.60. The SMILES string of the molecule is O=C(NC12CC3CC(CC(O)(C3)C1)C2)c1cn(Cc2ccc(Cl)cc2Cl)n(-c2ccc(Cl)cc2)c1=O. The maximum absolute atomic E-state index is 13.6. The molecule has 2 unspecified atom stereocenters. The van der Waals surface area contributed by atoms with E-state index in [1.165, 1.54) is 4.68 Å². The molecule has 3 aromatic rings. The molecule has 4 aliphatic carbocycles. The Hall–Kier alpha value is -2.25. The molecule has 0 aliphatic heterocycles. The summed E-state index contributed by atoms with van der Waals surface area (Å²) in [5, 5.41) is 15.8. The first-order valence-electron chi connectivity index (χ1n) is 12.2. The van der Waals surface area contributed by atoms with Crippen LogP contribution in [0, 0.1) is 11.8 Å². The Balaban J connectivity index is 1.37. The van der Waals surface area contributed by atoms with Gasteiger partial charge in [0.25, 0.3) is 11.5 Å². The Morgan fingerprint density at radius 3 is 2.31 bits per heavy atom. The third-order valence-corrected chi connectivity index (χ3v) is 8.87. The van der Waals surface area contributed by atoms with Gasteiger partial charge in [-0.1, -0.05) is 40.9 Å². The molecular formula is C27H26Cl3N3O3. The highest BCUT2D eigenvalue weighted by molar-refractivity contribution is 6.35. The largest absolute Gasteiger partial charge is 0.390 e. The highest BCUT2D eigenvalue weighted by atomic mass is 35.5. The van der Waals surface area contributed by atoms with Crippen molar-refractivity contribution in [1.29, 1.82) is 0 Å². The Bertz CT molecular complexity index is 1400. The van der Waals surface area contributed by atoms with Crippen molar-refractivity contribution in [2.75, 3.05) is 0 Å². The molecule has 6 nitrogen and oxygen atoms in total. The summed E-state index contributed by atoms with van der Waals surface area (Å²) in [6.45, 7) is 0.260. The highest BCUT2D eigenvalue weighted by Crippen LogP contribution is 2.57. The fraction of sp³-hybridized carbons (Fsp3) is 0.407. The summed E-state index contributed by atoms with van der Waals surface area (Å²) in [6, 6.07) is 12.1. The van der Waals surface area contributed by atoms with E-state index in [2.05, 4.69) is 5.32 Å². The Labute approximate surface area is 223 Å². The first-order valence-corrected chi connectivity index (χ1v) is 13.3. The van der Waals surface area contributed by atoms with Crippen LogP contribution in [-0.2, 0) is 6.54 Å². The molecule has 1 amide bonds. The third-order valence-electron chi connectivity index (χ3n) is 8.03. The van der Waals surface area contributed by atoms with E-state index >= 15 is 0 Å². The van der Waals surface area contributed by atoms with Crippen LogP contribution in [-0.4, -0.2) is 31.5 Å². The molecule has 188 valence electrons. The van der Waals surface area contributed by atoms with Gasteiger partial charge in [0.05, 0.1) is 17.8 Å². The minimum absolute atomic E-state index is 0.0535. The lowest BCUT2D eigenvalue weighted by Crippen LogP contribution is -2.65. The Morgan fingerprint density at radius 2 is 1.67 bits per heavy atom. The summed E-state index contributed by atoms with van der Waals surface area (Å²) in [7, 11) is 0. The van der Waals surface area contributed by atoms with Gasteiger partial charge in [-0.25, -0.2) is 4.68 Å². The number of aliphatic hydroxyl groups is 1. The molecule has 1 aromatic heterocycles. The highest BCUT2D eigenvalue weighted by Gasteiger charge is 2.57. The van der Waals surface area contributed by atoms with Crippen molar-refractivity contribution in [3.8, 4) is 5.69 Å². The van der Waals surface area contributed by atoms with Crippen LogP contribution in [0.2, 0.25) is 15.1 Å². The molecule has 0 spiro atoms. The minimum atomic E-state index is -0.710. The van der Waals surface area contributed by atoms with Gasteiger partial charge in [-0.15, -0.1) is 0 Å². The number of carbonyl (C=O) groups is 1. The Kier molecular flexibility index (Phi) is 5.80. The molecular weight excluding hydrogens is 521 g/mol. The van der Waals surface area contributed by atoms with E-state index in [0.717, 1.165) is 37.7 Å². The van der Waals surface area contributed by atoms with Crippen molar-refractivity contribution in [1.82, 2.24) is 14.7 Å². The number of rotatable bonds is 5. The van der Waals surface area contributed by atoms with Gasteiger partial charge in [-0.05, 0) is 92.3 Å². The molecule has 4 fully saturated rings. The van der Waals surface area contributed by atoms with Crippen LogP contribution in [0.4, 0.5) is 0 Å². The summed E-state index contributed by atoms with van der Waals surface area (Å²) >= 11 is 18.6. The zero-order chi connectivity index (χ0) is 25.2. The Morgan fingerprint density at radius 1 is 1.00 bits per heavy atom. The molecule has 36 heavy (non-hydrogen) atoms. The van der Waals surface area contributed by atoms with Gasteiger partial charge in [-0.3, -0.25) is 14.3 Å². The molecule has 1 heterocycles. The maximum Gasteiger partial charge on any atom is 0.284 e. The van der Waals surface area contributed by atoms with E-state index in [4.69, 9.17) is 34.8 Å². The topological polar surface area (TPSA) is 76.3 Å². The van der Waals surface area contributed by atoms with Gasteiger partial charge in [-0.2, -0.15) is 0 Å². The van der Waals surface area contributed by atoms with Crippen LogP contribution >= 0.6 is 34.8 Å². The standard InChI is InChI=1S/C27H26Cl3N3O3/c28-19-3-5-21(6-4-19)33-25(35)22(14-32(33)13-18-1-2-20(29)8-23(18)30)24(34)31-26-9-16-7-17(10-26)12-27(36,11-16)15-26/h1-6,8,14,16-17,36H,7,9-13,15H2,(H,31,34). The van der Waals surface area contributed by atoms with Crippen LogP contribution < -0.4 is 10.9 Å². The minimum Gasteiger partial charge on any atom is -0.390 e. The summed E-state index contributed by atoms with van der Waals surface area (Å²) in [5.74, 6) is 0.423. The van der Waals surface area contributed by atoms with Gasteiger partial charge in [0.2, 0.25) is 0 Å². The number of nitrogens with one attached hydrogen (secondary N) is 1. The van der Waals surface area contributed by atoms with E-state index in [1.54, 1.807) is 53.3 Å². The predicted molar refractivity (Wildman–Crippen MR) is 140 cm³/mol. The number of carbonyl (C=O) groups excluding carboxylic acids is 1. The van der Waals surface area contributed by atoms with Crippen LogP contribution in [0.25, 0.3) is 5.69 Å². The van der Waals surface area contributed by atoms with E-state index in [1.807, 2.05) is 0 Å². The predicted octanol–water partition coefficient (Wildman–Crippen LogP) is 5.46. The average Bonchev–Trinajstić information content (AvgIpc) is 3.10. The number of aromatic nitrogens is 2. The second-order valence-corrected chi connectivity index (χ2v) is 12.2. The van der Waals surface area contributed by atoms with Gasteiger partial charge in [0, 0.05) is 26.8 Å². The molecule has 0 radical (unpaired) electrons. The average molecular weight is 547 g/mol. The number of nitrogens with zero attached hydrogens (tertiary/aromatic N) is 2. The normalized spacial score (nSPS) is 28.4. The summed E-state index contributed by atoms with van der Waals surface area (Å²) in [5.41, 5.74) is -0.208. The number of amides is 1. The fourth-order valence-electron chi connectivity index (χ4n) is 7.11. The van der Waals surface area contributed by atoms with Crippen molar-refractivity contribution < 1.29 is 9.90 Å². The van der Waals surface area contributed by atoms with E-state index in [9.17, 15) is 14.7 Å². The number of hydrogen-bond acceptors (Lipinski definition) is 3. The van der Waals surface area contributed by atoms with Crippen molar-refractivity contribution >= 4 is 40.7 Å². The number of halogens is 3. The van der Waals surface area contributed by atoms with Crippen molar-refractivity contribution in [2.45, 2.75) is 56.2 Å². The molecule has 0 saturated heterocycles. The molecule has 2 N–H and O–H groups in total. The number of hydrogen-bond donors (Lipinski definition) is 2. The summed E-state index contributed by atoms with van der Waals surface area (Å²) < 4.78 is 3.15. The maximum atomic E-state index is 13.6. The lowest BCUT2D eigenvalue weighted by molar-refractivity contribution is -0.139. The van der Waals surface area contributed by atoms with Crippen molar-refractivity contribution in [2.24, 2.45) is 11.8 Å². The molecule has 2 atom stereocenters. The van der Waals surface area contributed by atoms with Crippen LogP contribution in [0.15, 0.2) is 53.5 Å². The monoisotopic (exact) mass is 545 g/mol. The smallest absolute Gasteiger partial charge is 0.284 e. The molecule has 4 aliphatic rings. The van der Waals surface area contributed by atoms with Gasteiger partial charge >= 0.3 is 0 Å². The van der Waals surface area contributed by atoms with E-state index in [-0.39, 0.29) is 12.1 Å². The molecule has 9 heteroatoms. The zero-order valence-corrected chi connectivity index (χ0v) is 21.8. The summed E-state index contributed by atoms with van der Waals surface area (Å²) in [4.78, 5) is 27.2. The van der Waals surface area contributed by atoms with Gasteiger partial charge in [0.1, 0.15) is 5.56 Å². The van der Waals surface area contributed by atoms with Gasteiger partial charge < -0.3 is 10.4 Å². The zero-order valence-electron chi connectivity index (χ0n) is 19.5. The molecule has 2 aromatic carbocycles. The third kappa shape index (κ3) is 4.28. The van der Waals surface area contributed by atoms with Crippen molar-refractivity contribution in [3.63, 3.8) is 0 Å². The van der Waals surface area contributed by atoms with Crippen LogP contribution in [0.3, 0.4) is 0 Å². The quantitative estimate of drug-likeness (QED) is 0.446. The van der Waals surface area contributed by atoms with E-state index < -0.39 is 22.6 Å². The molecule has 4 saturated carbocycles. The van der Waals surface area contributed by atoms with E-state index in [0.29, 0.717) is 39.0 Å². The first kappa shape index (κ1) is 24.1. The van der Waals surface area contributed by atoms with Crippen LogP contribution in [0.5, 0.6) is 0 Å². The number of benzene rings is 2. The lowest BCUT2D eigenvalue weighted by atomic mass is 9.51. The fourth-order valence-corrected chi connectivity index (χ4v) is 7.70. The first-order chi connectivity index (χ1) is 17.1. The second-order valence-electron chi connectivity index (χ2n) is 10.9. The molecule has 4 bridgehead atoms. The van der Waals surface area contributed by atoms with Crippen LogP contribution in [0.1, 0.15) is 54.4 Å². The molecule has 7 rings (SSSR count). The summed E-state index contributed by atoms with van der Waals surface area (Å²) in [6.07, 6.45) is 6.55. The van der Waals surface area contributed by atoms with Crippen molar-refractivity contribution in [3.05, 3.63) is 85.2 Å².